The molecule has 6 nitrogen and oxygen atoms in total. The topological polar surface area (TPSA) is 118 Å². The van der Waals surface area contributed by atoms with Gasteiger partial charge < -0.3 is 25.2 Å². The Morgan fingerprint density at radius 3 is 1.67 bits per heavy atom. The van der Waals surface area contributed by atoms with Gasteiger partial charge in [0.25, 0.3) is 0 Å². The molecule has 0 aromatic carbocycles. The van der Waals surface area contributed by atoms with Gasteiger partial charge in [-0.1, -0.05) is 0 Å². The van der Waals surface area contributed by atoms with Crippen LogP contribution in [0, 0.1) is 0 Å². The minimum absolute atomic E-state index is 2.28. The third-order valence-electron chi connectivity index (χ3n) is 0.583. The molecule has 6 heteroatoms. The summed E-state index contributed by atoms with van der Waals surface area (Å²) in [7, 11) is 0. The van der Waals surface area contributed by atoms with E-state index in [4.69, 9.17) is 15.3 Å². The lowest BCUT2D eigenvalue weighted by Gasteiger charge is -2.15. The standard InChI is InChI=1S/C3H4O6/c4-1(5)3(8,9)2(6)7/h8-9H,(H,4,5)(H,6,7)/p-1. The van der Waals surface area contributed by atoms with Crippen LogP contribution in [0.2, 0.25) is 0 Å². The summed E-state index contributed by atoms with van der Waals surface area (Å²) in [5.41, 5.74) is 0. The van der Waals surface area contributed by atoms with Crippen LogP contribution >= 0.6 is 0 Å². The summed E-state index contributed by atoms with van der Waals surface area (Å²) in [5.74, 6) is -8.52. The smallest absolute Gasteiger partial charge is 0.370 e. The Bertz CT molecular complexity index is 130. The van der Waals surface area contributed by atoms with Crippen LogP contribution in [0.4, 0.5) is 0 Å². The van der Waals surface area contributed by atoms with E-state index in [1.165, 1.54) is 0 Å². The fraction of sp³-hybridized carbons (Fsp3) is 0.333. The number of aliphatic hydroxyl groups is 2. The van der Waals surface area contributed by atoms with Gasteiger partial charge in [-0.2, -0.15) is 0 Å². The lowest BCUT2D eigenvalue weighted by Crippen LogP contribution is -2.54. The van der Waals surface area contributed by atoms with Crippen molar-refractivity contribution in [3.63, 3.8) is 0 Å². The van der Waals surface area contributed by atoms with Crippen LogP contribution in [0.15, 0.2) is 0 Å². The molecule has 0 spiro atoms. The minimum Gasteiger partial charge on any atom is -0.544 e. The number of hydrogen-bond donors (Lipinski definition) is 3. The number of carbonyl (C=O) groups excluding carboxylic acids is 1. The summed E-state index contributed by atoms with van der Waals surface area (Å²) in [5, 5.41) is 33.1. The van der Waals surface area contributed by atoms with E-state index in [9.17, 15) is 14.7 Å². The molecule has 0 rings (SSSR count). The molecule has 0 aliphatic rings. The Hall–Kier alpha value is -1.14. The molecule has 0 saturated carbocycles. The fourth-order valence-electron chi connectivity index (χ4n) is 0.0873. The number of aliphatic carboxylic acids is 2. The van der Waals surface area contributed by atoms with E-state index in [0.29, 0.717) is 0 Å². The molecule has 0 aromatic rings. The zero-order valence-corrected chi connectivity index (χ0v) is 4.07. The summed E-state index contributed by atoms with van der Waals surface area (Å²) < 4.78 is 0. The monoisotopic (exact) mass is 135 g/mol. The summed E-state index contributed by atoms with van der Waals surface area (Å²) in [6.07, 6.45) is 0. The van der Waals surface area contributed by atoms with E-state index < -0.39 is 17.7 Å². The molecule has 0 saturated heterocycles. The van der Waals surface area contributed by atoms with Gasteiger partial charge in [0.1, 0.15) is 5.97 Å². The lowest BCUT2D eigenvalue weighted by atomic mass is 10.3. The van der Waals surface area contributed by atoms with Crippen LogP contribution < -0.4 is 5.11 Å². The largest absolute Gasteiger partial charge is 0.544 e. The van der Waals surface area contributed by atoms with E-state index in [-0.39, 0.29) is 0 Å². The molecular formula is C3H3O6-. The highest BCUT2D eigenvalue weighted by molar-refractivity contribution is 5.97. The van der Waals surface area contributed by atoms with Gasteiger partial charge in [-0.05, 0) is 0 Å². The van der Waals surface area contributed by atoms with Crippen molar-refractivity contribution in [2.24, 2.45) is 0 Å². The number of carbonyl (C=O) groups is 2. The second-order valence-electron chi connectivity index (χ2n) is 1.26. The molecule has 52 valence electrons. The zero-order valence-electron chi connectivity index (χ0n) is 4.07. The second-order valence-corrected chi connectivity index (χ2v) is 1.26. The Morgan fingerprint density at radius 2 is 1.67 bits per heavy atom. The second kappa shape index (κ2) is 2.00. The van der Waals surface area contributed by atoms with Gasteiger partial charge in [0.05, 0.1) is 0 Å². The van der Waals surface area contributed by atoms with Crippen molar-refractivity contribution in [1.29, 1.82) is 0 Å². The van der Waals surface area contributed by atoms with Crippen molar-refractivity contribution in [2.45, 2.75) is 5.79 Å². The number of hydrogen-bond acceptors (Lipinski definition) is 5. The molecule has 9 heavy (non-hydrogen) atoms. The maximum Gasteiger partial charge on any atom is 0.370 e. The summed E-state index contributed by atoms with van der Waals surface area (Å²) >= 11 is 0. The molecule has 0 radical (unpaired) electrons. The van der Waals surface area contributed by atoms with Crippen molar-refractivity contribution in [3.8, 4) is 0 Å². The van der Waals surface area contributed by atoms with Gasteiger partial charge in [0.2, 0.25) is 0 Å². The normalized spacial score (nSPS) is 10.9. The van der Waals surface area contributed by atoms with Gasteiger partial charge in [0, 0.05) is 0 Å². The first-order valence-electron chi connectivity index (χ1n) is 1.78. The van der Waals surface area contributed by atoms with E-state index in [1.807, 2.05) is 0 Å². The van der Waals surface area contributed by atoms with Crippen LogP contribution in [-0.4, -0.2) is 33.0 Å². The highest BCUT2D eigenvalue weighted by Gasteiger charge is 2.34. The highest BCUT2D eigenvalue weighted by Crippen LogP contribution is 1.94. The maximum absolute atomic E-state index is 9.54. The molecule has 0 aromatic heterocycles. The van der Waals surface area contributed by atoms with Crippen molar-refractivity contribution in [1.82, 2.24) is 0 Å². The van der Waals surface area contributed by atoms with Crippen LogP contribution in [0.5, 0.6) is 0 Å². The molecule has 3 N–H and O–H groups in total. The lowest BCUT2D eigenvalue weighted by molar-refractivity contribution is -0.342. The molecule has 0 aliphatic heterocycles. The van der Waals surface area contributed by atoms with E-state index in [0.717, 1.165) is 0 Å². The minimum atomic E-state index is -3.78. The number of rotatable bonds is 2. The molecule has 0 amide bonds. The van der Waals surface area contributed by atoms with E-state index >= 15 is 0 Å². The number of carboxylic acid groups (broad SMARTS) is 2. The quantitative estimate of drug-likeness (QED) is 0.267. The summed E-state index contributed by atoms with van der Waals surface area (Å²) in [6, 6.07) is 0. The summed E-state index contributed by atoms with van der Waals surface area (Å²) in [6.45, 7) is 0. The maximum atomic E-state index is 9.54. The van der Waals surface area contributed by atoms with Gasteiger partial charge in [-0.3, -0.25) is 0 Å². The first kappa shape index (κ1) is 7.86. The zero-order chi connectivity index (χ0) is 7.65. The SMILES string of the molecule is O=C([O-])C(O)(O)C(=O)O. The Morgan fingerprint density at radius 1 is 1.33 bits per heavy atom. The highest BCUT2D eigenvalue weighted by atomic mass is 16.6. The van der Waals surface area contributed by atoms with Crippen LogP contribution in [0.25, 0.3) is 0 Å². The van der Waals surface area contributed by atoms with E-state index in [1.54, 1.807) is 0 Å². The molecule has 0 unspecified atom stereocenters. The van der Waals surface area contributed by atoms with Crippen LogP contribution in [0.1, 0.15) is 0 Å². The molecule has 0 bridgehead atoms. The average Bonchev–Trinajstić information content (AvgIpc) is 1.65. The molecule has 0 atom stereocenters. The van der Waals surface area contributed by atoms with Crippen molar-refractivity contribution < 1.29 is 30.0 Å². The third kappa shape index (κ3) is 1.37. The predicted molar refractivity (Wildman–Crippen MR) is 19.8 cm³/mol. The first-order chi connectivity index (χ1) is 3.89. The number of carboxylic acids is 2. The van der Waals surface area contributed by atoms with Crippen LogP contribution in [-0.2, 0) is 9.59 Å². The Labute approximate surface area is 49.0 Å². The van der Waals surface area contributed by atoms with Crippen molar-refractivity contribution in [3.05, 3.63) is 0 Å². The predicted octanol–water partition coefficient (Wildman–Crippen LogP) is -3.50. The Balaban J connectivity index is 4.38. The Kier molecular flexibility index (Phi) is 1.74. The van der Waals surface area contributed by atoms with Gasteiger partial charge in [-0.25, -0.2) is 4.79 Å². The van der Waals surface area contributed by atoms with E-state index in [2.05, 4.69) is 0 Å². The fourth-order valence-corrected chi connectivity index (χ4v) is 0.0873. The molecular weight excluding hydrogens is 132 g/mol. The molecule has 0 aliphatic carbocycles. The first-order valence-corrected chi connectivity index (χ1v) is 1.78. The summed E-state index contributed by atoms with van der Waals surface area (Å²) in [4.78, 5) is 19.0. The van der Waals surface area contributed by atoms with Crippen molar-refractivity contribution in [2.75, 3.05) is 0 Å². The third-order valence-corrected chi connectivity index (χ3v) is 0.583. The molecule has 0 fully saturated rings. The van der Waals surface area contributed by atoms with Gasteiger partial charge >= 0.3 is 11.8 Å². The average molecular weight is 135 g/mol. The van der Waals surface area contributed by atoms with Gasteiger partial charge in [-0.15, -0.1) is 0 Å². The van der Waals surface area contributed by atoms with Gasteiger partial charge in [0.15, 0.2) is 0 Å². The van der Waals surface area contributed by atoms with Crippen molar-refractivity contribution >= 4 is 11.9 Å². The van der Waals surface area contributed by atoms with Crippen LogP contribution in [0.3, 0.4) is 0 Å². The molecule has 0 heterocycles.